The van der Waals surface area contributed by atoms with Gasteiger partial charge in [-0.1, -0.05) is 13.8 Å². The van der Waals surface area contributed by atoms with Gasteiger partial charge in [-0.3, -0.25) is 4.79 Å². The third-order valence-electron chi connectivity index (χ3n) is 4.90. The number of ether oxygens (including phenoxy) is 1. The van der Waals surface area contributed by atoms with Gasteiger partial charge in [0.1, 0.15) is 6.10 Å². The zero-order chi connectivity index (χ0) is 18.1. The minimum absolute atomic E-state index is 0.132. The lowest BCUT2D eigenvalue weighted by atomic mass is 9.96. The standard InChI is InChI=1S/C19H26N2O4/c1-10(2)17-11(3)21-15-5-4-12(6-14(15)17)19(24)20-7-13-8-25-9-16(22)18(13)23/h4-6,10,13,16,18,21-23H,7-9H2,1-3H3,(H,20,24)/t13-,16-,18+/m1/s1. The van der Waals surface area contributed by atoms with E-state index in [9.17, 15) is 15.0 Å². The first-order chi connectivity index (χ1) is 11.9. The maximum absolute atomic E-state index is 12.5. The molecule has 3 rings (SSSR count). The molecule has 1 aromatic heterocycles. The predicted octanol–water partition coefficient (Wildman–Crippen LogP) is 1.70. The van der Waals surface area contributed by atoms with E-state index in [1.807, 2.05) is 19.1 Å². The Labute approximate surface area is 147 Å². The second kappa shape index (κ2) is 7.15. The van der Waals surface area contributed by atoms with Gasteiger partial charge in [-0.15, -0.1) is 0 Å². The molecule has 2 heterocycles. The zero-order valence-corrected chi connectivity index (χ0v) is 14.9. The average molecular weight is 346 g/mol. The van der Waals surface area contributed by atoms with Gasteiger partial charge in [0.2, 0.25) is 0 Å². The SMILES string of the molecule is Cc1[nH]c2ccc(C(=O)NC[C@@H]3COC[C@@H](O)[C@H]3O)cc2c1C(C)C. The van der Waals surface area contributed by atoms with Crippen LogP contribution in [0.5, 0.6) is 0 Å². The maximum Gasteiger partial charge on any atom is 0.251 e. The molecule has 1 aliphatic rings. The molecule has 1 aromatic carbocycles. The Kier molecular flexibility index (Phi) is 5.13. The monoisotopic (exact) mass is 346 g/mol. The Bertz CT molecular complexity index is 768. The lowest BCUT2D eigenvalue weighted by Crippen LogP contribution is -2.48. The second-order valence-corrected chi connectivity index (χ2v) is 7.14. The molecule has 2 aromatic rings. The lowest BCUT2D eigenvalue weighted by molar-refractivity contribution is -0.118. The summed E-state index contributed by atoms with van der Waals surface area (Å²) in [4.78, 5) is 15.9. The van der Waals surface area contributed by atoms with Gasteiger partial charge in [-0.2, -0.15) is 0 Å². The molecule has 0 spiro atoms. The number of amides is 1. The van der Waals surface area contributed by atoms with E-state index in [0.29, 0.717) is 18.1 Å². The van der Waals surface area contributed by atoms with Crippen LogP contribution in [0.3, 0.4) is 0 Å². The fraction of sp³-hybridized carbons (Fsp3) is 0.526. The molecule has 0 bridgehead atoms. The van der Waals surface area contributed by atoms with Crippen LogP contribution in [0.1, 0.15) is 41.4 Å². The quantitative estimate of drug-likeness (QED) is 0.678. The molecule has 1 saturated heterocycles. The van der Waals surface area contributed by atoms with Crippen molar-refractivity contribution in [1.82, 2.24) is 10.3 Å². The molecule has 1 amide bonds. The fourth-order valence-electron chi connectivity index (χ4n) is 3.59. The van der Waals surface area contributed by atoms with Crippen LogP contribution in [0.2, 0.25) is 0 Å². The molecule has 0 radical (unpaired) electrons. The molecule has 1 fully saturated rings. The predicted molar refractivity (Wildman–Crippen MR) is 95.8 cm³/mol. The first-order valence-corrected chi connectivity index (χ1v) is 8.72. The first-order valence-electron chi connectivity index (χ1n) is 8.72. The Hall–Kier alpha value is -1.89. The molecule has 1 aliphatic heterocycles. The highest BCUT2D eigenvalue weighted by Gasteiger charge is 2.31. The van der Waals surface area contributed by atoms with E-state index in [2.05, 4.69) is 24.1 Å². The van der Waals surface area contributed by atoms with Crippen molar-refractivity contribution >= 4 is 16.8 Å². The van der Waals surface area contributed by atoms with Crippen molar-refractivity contribution in [2.75, 3.05) is 19.8 Å². The van der Waals surface area contributed by atoms with Gasteiger partial charge in [0, 0.05) is 34.6 Å². The zero-order valence-electron chi connectivity index (χ0n) is 14.9. The van der Waals surface area contributed by atoms with E-state index in [0.717, 1.165) is 16.6 Å². The average Bonchev–Trinajstić information content (AvgIpc) is 2.90. The molecule has 3 atom stereocenters. The van der Waals surface area contributed by atoms with Crippen molar-refractivity contribution in [1.29, 1.82) is 0 Å². The van der Waals surface area contributed by atoms with Crippen LogP contribution >= 0.6 is 0 Å². The fourth-order valence-corrected chi connectivity index (χ4v) is 3.59. The van der Waals surface area contributed by atoms with Crippen LogP contribution in [0.4, 0.5) is 0 Å². The number of aryl methyl sites for hydroxylation is 1. The smallest absolute Gasteiger partial charge is 0.251 e. The Balaban J connectivity index is 1.75. The largest absolute Gasteiger partial charge is 0.390 e. The Morgan fingerprint density at radius 3 is 2.84 bits per heavy atom. The number of aliphatic hydroxyl groups is 2. The van der Waals surface area contributed by atoms with Crippen LogP contribution in [0.25, 0.3) is 10.9 Å². The number of hydrogen-bond acceptors (Lipinski definition) is 4. The van der Waals surface area contributed by atoms with Gasteiger partial charge in [-0.25, -0.2) is 0 Å². The van der Waals surface area contributed by atoms with E-state index in [4.69, 9.17) is 4.74 Å². The van der Waals surface area contributed by atoms with Gasteiger partial charge in [-0.05, 0) is 36.6 Å². The number of fused-ring (bicyclic) bond motifs is 1. The summed E-state index contributed by atoms with van der Waals surface area (Å²) >= 11 is 0. The van der Waals surface area contributed by atoms with Crippen molar-refractivity contribution in [3.63, 3.8) is 0 Å². The molecular weight excluding hydrogens is 320 g/mol. The number of carbonyl (C=O) groups is 1. The van der Waals surface area contributed by atoms with Gasteiger partial charge in [0.25, 0.3) is 5.91 Å². The molecule has 6 nitrogen and oxygen atoms in total. The summed E-state index contributed by atoms with van der Waals surface area (Å²) in [6.07, 6.45) is -1.78. The van der Waals surface area contributed by atoms with Crippen molar-refractivity contribution < 1.29 is 19.7 Å². The second-order valence-electron chi connectivity index (χ2n) is 7.14. The number of H-pyrrole nitrogens is 1. The van der Waals surface area contributed by atoms with Crippen molar-refractivity contribution in [2.45, 2.75) is 38.9 Å². The Morgan fingerprint density at radius 1 is 1.36 bits per heavy atom. The number of nitrogens with one attached hydrogen (secondary N) is 2. The van der Waals surface area contributed by atoms with Gasteiger partial charge < -0.3 is 25.3 Å². The van der Waals surface area contributed by atoms with E-state index in [1.165, 1.54) is 5.56 Å². The summed E-state index contributed by atoms with van der Waals surface area (Å²) in [6, 6.07) is 5.62. The molecule has 4 N–H and O–H groups in total. The highest BCUT2D eigenvalue weighted by atomic mass is 16.5. The van der Waals surface area contributed by atoms with Crippen molar-refractivity contribution in [3.05, 3.63) is 35.0 Å². The minimum Gasteiger partial charge on any atom is -0.390 e. The van der Waals surface area contributed by atoms with E-state index < -0.39 is 12.2 Å². The molecule has 6 heteroatoms. The van der Waals surface area contributed by atoms with Crippen LogP contribution in [0, 0.1) is 12.8 Å². The topological polar surface area (TPSA) is 94.6 Å². The summed E-state index contributed by atoms with van der Waals surface area (Å²) in [5, 5.41) is 23.5. The molecule has 25 heavy (non-hydrogen) atoms. The molecular formula is C19H26N2O4. The van der Waals surface area contributed by atoms with Gasteiger partial charge >= 0.3 is 0 Å². The lowest BCUT2D eigenvalue weighted by Gasteiger charge is -2.31. The Morgan fingerprint density at radius 2 is 2.12 bits per heavy atom. The minimum atomic E-state index is -0.900. The number of aromatic amines is 1. The molecule has 0 aliphatic carbocycles. The third kappa shape index (κ3) is 3.56. The summed E-state index contributed by atoms with van der Waals surface area (Å²) in [6.45, 7) is 7.04. The molecule has 0 unspecified atom stereocenters. The summed E-state index contributed by atoms with van der Waals surface area (Å²) < 4.78 is 5.24. The van der Waals surface area contributed by atoms with Crippen LogP contribution < -0.4 is 5.32 Å². The van der Waals surface area contributed by atoms with E-state index in [-0.39, 0.29) is 25.0 Å². The third-order valence-corrected chi connectivity index (χ3v) is 4.90. The van der Waals surface area contributed by atoms with E-state index in [1.54, 1.807) is 6.07 Å². The first kappa shape index (κ1) is 17.9. The summed E-state index contributed by atoms with van der Waals surface area (Å²) in [7, 11) is 0. The van der Waals surface area contributed by atoms with Crippen molar-refractivity contribution in [3.8, 4) is 0 Å². The van der Waals surface area contributed by atoms with Gasteiger partial charge in [0.15, 0.2) is 0 Å². The normalized spacial score (nSPS) is 24.0. The highest BCUT2D eigenvalue weighted by Crippen LogP contribution is 2.29. The number of aliphatic hydroxyl groups excluding tert-OH is 2. The molecule has 0 saturated carbocycles. The summed E-state index contributed by atoms with van der Waals surface area (Å²) in [5.41, 5.74) is 3.96. The highest BCUT2D eigenvalue weighted by molar-refractivity contribution is 5.99. The van der Waals surface area contributed by atoms with Crippen molar-refractivity contribution in [2.24, 2.45) is 5.92 Å². The number of hydrogen-bond donors (Lipinski definition) is 4. The summed E-state index contributed by atoms with van der Waals surface area (Å²) in [5.74, 6) is -0.136. The number of rotatable bonds is 4. The van der Waals surface area contributed by atoms with Crippen LogP contribution in [-0.2, 0) is 4.74 Å². The number of benzene rings is 1. The molecule has 136 valence electrons. The number of carbonyl (C=O) groups excluding carboxylic acids is 1. The van der Waals surface area contributed by atoms with Gasteiger partial charge in [0.05, 0.1) is 19.3 Å². The van der Waals surface area contributed by atoms with Crippen LogP contribution in [-0.4, -0.2) is 53.1 Å². The van der Waals surface area contributed by atoms with Crippen LogP contribution in [0.15, 0.2) is 18.2 Å². The number of aromatic nitrogens is 1. The maximum atomic E-state index is 12.5. The van der Waals surface area contributed by atoms with E-state index >= 15 is 0 Å².